The number of nitrogens with zero attached hydrogens (tertiary/aromatic N) is 1. The van der Waals surface area contributed by atoms with E-state index in [1.807, 2.05) is 0 Å². The Balaban J connectivity index is 1.38. The molecule has 0 bridgehead atoms. The summed E-state index contributed by atoms with van der Waals surface area (Å²) in [5, 5.41) is 23.9. The molecule has 3 unspecified atom stereocenters. The summed E-state index contributed by atoms with van der Waals surface area (Å²) in [6.07, 6.45) is 4.42. The third-order valence-corrected chi connectivity index (χ3v) is 5.41. The van der Waals surface area contributed by atoms with Crippen molar-refractivity contribution in [1.29, 1.82) is 0 Å². The molecule has 3 atom stereocenters. The van der Waals surface area contributed by atoms with Crippen molar-refractivity contribution in [1.82, 2.24) is 10.2 Å². The van der Waals surface area contributed by atoms with E-state index in [0.29, 0.717) is 18.5 Å². The standard InChI is InChI=1S/C19H30N2O2/c22-18(19(23)16-8-4-5-9-16)12-20-17-10-11-21(14-17)13-15-6-2-1-3-7-15/h1-3,6-7,16-20,22-23H,4-5,8-14H2. The van der Waals surface area contributed by atoms with Crippen molar-refractivity contribution in [3.63, 3.8) is 0 Å². The molecule has 1 saturated heterocycles. The largest absolute Gasteiger partial charge is 0.390 e. The highest BCUT2D eigenvalue weighted by Crippen LogP contribution is 2.29. The van der Waals surface area contributed by atoms with Crippen molar-refractivity contribution in [2.75, 3.05) is 19.6 Å². The van der Waals surface area contributed by atoms with E-state index in [-0.39, 0.29) is 0 Å². The second kappa shape index (κ2) is 8.25. The van der Waals surface area contributed by atoms with Crippen LogP contribution in [0.2, 0.25) is 0 Å². The smallest absolute Gasteiger partial charge is 0.0925 e. The van der Waals surface area contributed by atoms with Crippen LogP contribution in [-0.2, 0) is 6.54 Å². The van der Waals surface area contributed by atoms with Gasteiger partial charge in [0.05, 0.1) is 12.2 Å². The first kappa shape index (κ1) is 16.9. The van der Waals surface area contributed by atoms with Crippen LogP contribution in [0.4, 0.5) is 0 Å². The van der Waals surface area contributed by atoms with Gasteiger partial charge in [-0.2, -0.15) is 0 Å². The maximum atomic E-state index is 10.2. The molecular weight excluding hydrogens is 288 g/mol. The first-order valence-corrected chi connectivity index (χ1v) is 9.08. The van der Waals surface area contributed by atoms with Crippen LogP contribution < -0.4 is 5.32 Å². The van der Waals surface area contributed by atoms with Crippen molar-refractivity contribution in [2.24, 2.45) is 5.92 Å². The average Bonchev–Trinajstić information content (AvgIpc) is 3.25. The zero-order chi connectivity index (χ0) is 16.1. The van der Waals surface area contributed by atoms with E-state index in [1.165, 1.54) is 18.4 Å². The van der Waals surface area contributed by atoms with Gasteiger partial charge in [-0.05, 0) is 30.7 Å². The monoisotopic (exact) mass is 318 g/mol. The van der Waals surface area contributed by atoms with Crippen LogP contribution in [0.5, 0.6) is 0 Å². The topological polar surface area (TPSA) is 55.7 Å². The minimum absolute atomic E-state index is 0.296. The van der Waals surface area contributed by atoms with E-state index in [1.54, 1.807) is 0 Å². The zero-order valence-electron chi connectivity index (χ0n) is 13.9. The van der Waals surface area contributed by atoms with E-state index in [4.69, 9.17) is 0 Å². The van der Waals surface area contributed by atoms with Crippen LogP contribution in [0.15, 0.2) is 30.3 Å². The van der Waals surface area contributed by atoms with Crippen LogP contribution in [-0.4, -0.2) is 53.0 Å². The Morgan fingerprint density at radius 1 is 1.09 bits per heavy atom. The van der Waals surface area contributed by atoms with Crippen LogP contribution in [0.3, 0.4) is 0 Å². The molecule has 4 heteroatoms. The van der Waals surface area contributed by atoms with Crippen molar-refractivity contribution >= 4 is 0 Å². The minimum Gasteiger partial charge on any atom is -0.390 e. The SMILES string of the molecule is OC(CNC1CCN(Cc2ccccc2)C1)C(O)C1CCCC1. The lowest BCUT2D eigenvalue weighted by Gasteiger charge is -2.25. The molecule has 1 heterocycles. The summed E-state index contributed by atoms with van der Waals surface area (Å²) in [7, 11) is 0. The van der Waals surface area contributed by atoms with Gasteiger partial charge in [-0.15, -0.1) is 0 Å². The molecule has 4 nitrogen and oxygen atoms in total. The number of likely N-dealkylation sites (tertiary alicyclic amines) is 1. The quantitative estimate of drug-likeness (QED) is 0.717. The Bertz CT molecular complexity index is 462. The molecule has 1 aliphatic heterocycles. The summed E-state index contributed by atoms with van der Waals surface area (Å²) in [6.45, 7) is 3.60. The highest BCUT2D eigenvalue weighted by Gasteiger charge is 2.30. The van der Waals surface area contributed by atoms with E-state index in [9.17, 15) is 10.2 Å². The lowest BCUT2D eigenvalue weighted by molar-refractivity contribution is -0.0155. The Morgan fingerprint density at radius 2 is 1.83 bits per heavy atom. The predicted molar refractivity (Wildman–Crippen MR) is 92.1 cm³/mol. The van der Waals surface area contributed by atoms with Gasteiger partial charge in [-0.3, -0.25) is 4.90 Å². The molecule has 23 heavy (non-hydrogen) atoms. The first-order chi connectivity index (χ1) is 11.2. The van der Waals surface area contributed by atoms with E-state index in [0.717, 1.165) is 38.9 Å². The molecule has 2 fully saturated rings. The summed E-state index contributed by atoms with van der Waals surface area (Å²) < 4.78 is 0. The van der Waals surface area contributed by atoms with Gasteiger partial charge in [0.2, 0.25) is 0 Å². The molecule has 3 rings (SSSR count). The van der Waals surface area contributed by atoms with Crippen LogP contribution >= 0.6 is 0 Å². The minimum atomic E-state index is -0.638. The molecule has 1 aromatic carbocycles. The number of rotatable bonds is 7. The van der Waals surface area contributed by atoms with Gasteiger partial charge >= 0.3 is 0 Å². The number of nitrogens with one attached hydrogen (secondary N) is 1. The van der Waals surface area contributed by atoms with E-state index in [2.05, 4.69) is 40.5 Å². The van der Waals surface area contributed by atoms with E-state index < -0.39 is 12.2 Å². The fourth-order valence-corrected chi connectivity index (χ4v) is 4.01. The van der Waals surface area contributed by atoms with Crippen molar-refractivity contribution in [3.05, 3.63) is 35.9 Å². The molecule has 1 aromatic rings. The van der Waals surface area contributed by atoms with Gasteiger partial charge in [-0.1, -0.05) is 43.2 Å². The number of aliphatic hydroxyl groups is 2. The zero-order valence-corrected chi connectivity index (χ0v) is 13.9. The highest BCUT2D eigenvalue weighted by atomic mass is 16.3. The Kier molecular flexibility index (Phi) is 6.06. The molecule has 2 aliphatic rings. The highest BCUT2D eigenvalue weighted by molar-refractivity contribution is 5.14. The molecule has 0 aromatic heterocycles. The lowest BCUT2D eigenvalue weighted by Crippen LogP contribution is -2.44. The molecule has 1 aliphatic carbocycles. The molecular formula is C19H30N2O2. The van der Waals surface area contributed by atoms with E-state index >= 15 is 0 Å². The Morgan fingerprint density at radius 3 is 2.57 bits per heavy atom. The van der Waals surface area contributed by atoms with Gasteiger partial charge in [-0.25, -0.2) is 0 Å². The fourth-order valence-electron chi connectivity index (χ4n) is 4.01. The van der Waals surface area contributed by atoms with Crippen LogP contribution in [0.25, 0.3) is 0 Å². The van der Waals surface area contributed by atoms with Gasteiger partial charge in [0.25, 0.3) is 0 Å². The van der Waals surface area contributed by atoms with Gasteiger partial charge < -0.3 is 15.5 Å². The van der Waals surface area contributed by atoms with Crippen LogP contribution in [0, 0.1) is 5.92 Å². The molecule has 0 spiro atoms. The van der Waals surface area contributed by atoms with Crippen molar-refractivity contribution < 1.29 is 10.2 Å². The lowest BCUT2D eigenvalue weighted by atomic mass is 9.96. The molecule has 0 amide bonds. The summed E-state index contributed by atoms with van der Waals surface area (Å²) in [6, 6.07) is 11.0. The number of hydrogen-bond acceptors (Lipinski definition) is 4. The third-order valence-electron chi connectivity index (χ3n) is 5.41. The Labute approximate surface area is 139 Å². The number of hydrogen-bond donors (Lipinski definition) is 3. The average molecular weight is 318 g/mol. The summed E-state index contributed by atoms with van der Waals surface area (Å²) in [5.41, 5.74) is 1.35. The fraction of sp³-hybridized carbons (Fsp3) is 0.684. The second-order valence-electron chi connectivity index (χ2n) is 7.22. The first-order valence-electron chi connectivity index (χ1n) is 9.08. The predicted octanol–water partition coefficient (Wildman–Crippen LogP) is 1.76. The normalized spacial score (nSPS) is 25.7. The maximum absolute atomic E-state index is 10.2. The van der Waals surface area contributed by atoms with Gasteiger partial charge in [0, 0.05) is 32.2 Å². The molecule has 128 valence electrons. The number of benzene rings is 1. The van der Waals surface area contributed by atoms with Crippen molar-refractivity contribution in [2.45, 2.75) is 56.9 Å². The van der Waals surface area contributed by atoms with Gasteiger partial charge in [0.15, 0.2) is 0 Å². The summed E-state index contributed by atoms with van der Waals surface area (Å²) in [5.74, 6) is 0.296. The molecule has 3 N–H and O–H groups in total. The molecule has 0 radical (unpaired) electrons. The maximum Gasteiger partial charge on any atom is 0.0925 e. The number of aliphatic hydroxyl groups excluding tert-OH is 2. The molecule has 1 saturated carbocycles. The van der Waals surface area contributed by atoms with Crippen molar-refractivity contribution in [3.8, 4) is 0 Å². The van der Waals surface area contributed by atoms with Crippen LogP contribution in [0.1, 0.15) is 37.7 Å². The van der Waals surface area contributed by atoms with Gasteiger partial charge in [0.1, 0.15) is 0 Å². The second-order valence-corrected chi connectivity index (χ2v) is 7.22. The third kappa shape index (κ3) is 4.77. The summed E-state index contributed by atoms with van der Waals surface area (Å²) >= 11 is 0. The Hall–Kier alpha value is -0.940. The summed E-state index contributed by atoms with van der Waals surface area (Å²) in [4.78, 5) is 2.45.